The van der Waals surface area contributed by atoms with Gasteiger partial charge in [-0.05, 0) is 6.92 Å². The van der Waals surface area contributed by atoms with Crippen molar-refractivity contribution in [2.45, 2.75) is 13.3 Å². The maximum Gasteiger partial charge on any atom is 0.334 e. The fourth-order valence-electron chi connectivity index (χ4n) is 1.41. The Balaban J connectivity index is 2.97. The molecule has 0 saturated heterocycles. The number of hydrogen-bond acceptors (Lipinski definition) is 3. The molecule has 0 aromatic carbocycles. The summed E-state index contributed by atoms with van der Waals surface area (Å²) in [5.41, 5.74) is 0.0613. The van der Waals surface area contributed by atoms with Gasteiger partial charge in [0.05, 0.1) is 17.9 Å². The van der Waals surface area contributed by atoms with Crippen molar-refractivity contribution in [3.63, 3.8) is 0 Å². The van der Waals surface area contributed by atoms with Crippen LogP contribution in [0.5, 0.6) is 0 Å². The van der Waals surface area contributed by atoms with Crippen LogP contribution < -0.4 is 5.32 Å². The molecule has 1 aliphatic rings. The highest BCUT2D eigenvalue weighted by Gasteiger charge is 2.36. The standard InChI is InChI=1S/C8H9NO5/c1-3-6(8(13)14)4(2-5(10)11)7(12)9-3/h4H,2H2,1H3,(H,9,12)(H,10,11)(H,13,14)/t4-/m0/s1. The summed E-state index contributed by atoms with van der Waals surface area (Å²) in [4.78, 5) is 32.2. The van der Waals surface area contributed by atoms with Crippen molar-refractivity contribution in [1.82, 2.24) is 5.32 Å². The summed E-state index contributed by atoms with van der Waals surface area (Å²) in [5.74, 6) is -4.10. The fourth-order valence-corrected chi connectivity index (χ4v) is 1.41. The summed E-state index contributed by atoms with van der Waals surface area (Å²) in [7, 11) is 0. The quantitative estimate of drug-likeness (QED) is 0.572. The van der Waals surface area contributed by atoms with Crippen LogP contribution in [0.15, 0.2) is 11.3 Å². The minimum atomic E-state index is -1.26. The Bertz CT molecular complexity index is 344. The van der Waals surface area contributed by atoms with Crippen LogP contribution in [-0.4, -0.2) is 28.1 Å². The van der Waals surface area contributed by atoms with Crippen molar-refractivity contribution in [3.05, 3.63) is 11.3 Å². The first-order valence-electron chi connectivity index (χ1n) is 3.90. The third-order valence-corrected chi connectivity index (χ3v) is 1.99. The normalized spacial score (nSPS) is 20.9. The largest absolute Gasteiger partial charge is 0.481 e. The maximum absolute atomic E-state index is 11.2. The first-order chi connectivity index (χ1) is 6.43. The smallest absolute Gasteiger partial charge is 0.334 e. The molecule has 6 nitrogen and oxygen atoms in total. The van der Waals surface area contributed by atoms with Gasteiger partial charge in [0, 0.05) is 5.70 Å². The molecule has 0 radical (unpaired) electrons. The molecule has 0 spiro atoms. The fraction of sp³-hybridized carbons (Fsp3) is 0.375. The van der Waals surface area contributed by atoms with Crippen LogP contribution in [-0.2, 0) is 14.4 Å². The summed E-state index contributed by atoms with van der Waals surface area (Å²) in [5, 5.41) is 19.5. The third-order valence-electron chi connectivity index (χ3n) is 1.99. The number of carboxylic acids is 2. The van der Waals surface area contributed by atoms with E-state index in [4.69, 9.17) is 10.2 Å². The second-order valence-electron chi connectivity index (χ2n) is 2.98. The number of nitrogens with one attached hydrogen (secondary N) is 1. The lowest BCUT2D eigenvalue weighted by Crippen LogP contribution is -2.24. The Morgan fingerprint density at radius 2 is 2.00 bits per heavy atom. The molecule has 0 fully saturated rings. The second kappa shape index (κ2) is 3.49. The zero-order valence-electron chi connectivity index (χ0n) is 7.40. The molecule has 1 amide bonds. The number of rotatable bonds is 3. The monoisotopic (exact) mass is 199 g/mol. The summed E-state index contributed by atoms with van der Waals surface area (Å²) in [6, 6.07) is 0. The molecular formula is C8H9NO5. The van der Waals surface area contributed by atoms with Crippen LogP contribution in [0, 0.1) is 5.92 Å². The van der Waals surface area contributed by atoms with Gasteiger partial charge in [-0.2, -0.15) is 0 Å². The summed E-state index contributed by atoms with van der Waals surface area (Å²) in [6.07, 6.45) is -0.495. The zero-order valence-corrected chi connectivity index (χ0v) is 7.40. The highest BCUT2D eigenvalue weighted by Crippen LogP contribution is 2.24. The van der Waals surface area contributed by atoms with Gasteiger partial charge in [-0.3, -0.25) is 9.59 Å². The van der Waals surface area contributed by atoms with Crippen LogP contribution in [0.25, 0.3) is 0 Å². The van der Waals surface area contributed by atoms with Crippen molar-refractivity contribution in [3.8, 4) is 0 Å². The minimum Gasteiger partial charge on any atom is -0.481 e. The van der Waals surface area contributed by atoms with Crippen LogP contribution in [0.1, 0.15) is 13.3 Å². The molecule has 0 aromatic heterocycles. The Morgan fingerprint density at radius 3 is 2.43 bits per heavy atom. The van der Waals surface area contributed by atoms with Crippen LogP contribution in [0.2, 0.25) is 0 Å². The molecule has 0 bridgehead atoms. The summed E-state index contributed by atoms with van der Waals surface area (Å²) >= 11 is 0. The lowest BCUT2D eigenvalue weighted by molar-refractivity contribution is -0.140. The molecule has 1 aliphatic heterocycles. The number of carbonyl (C=O) groups excluding carboxylic acids is 1. The van der Waals surface area contributed by atoms with Crippen LogP contribution >= 0.6 is 0 Å². The predicted molar refractivity (Wildman–Crippen MR) is 44.2 cm³/mol. The predicted octanol–water partition coefficient (Wildman–Crippen LogP) is -0.434. The van der Waals surface area contributed by atoms with Crippen LogP contribution in [0.4, 0.5) is 0 Å². The van der Waals surface area contributed by atoms with Crippen molar-refractivity contribution in [1.29, 1.82) is 0 Å². The molecule has 0 unspecified atom stereocenters. The lowest BCUT2D eigenvalue weighted by atomic mass is 9.97. The summed E-state index contributed by atoms with van der Waals surface area (Å²) < 4.78 is 0. The van der Waals surface area contributed by atoms with Gasteiger partial charge in [-0.1, -0.05) is 0 Å². The topological polar surface area (TPSA) is 104 Å². The average Bonchev–Trinajstić information content (AvgIpc) is 2.25. The van der Waals surface area contributed by atoms with Gasteiger partial charge in [0.2, 0.25) is 5.91 Å². The van der Waals surface area contributed by atoms with Gasteiger partial charge in [0.25, 0.3) is 0 Å². The number of hydrogen-bond donors (Lipinski definition) is 3. The molecule has 1 rings (SSSR count). The highest BCUT2D eigenvalue weighted by molar-refractivity contribution is 6.02. The Labute approximate surface area is 79.2 Å². The summed E-state index contributed by atoms with van der Waals surface area (Å²) in [6.45, 7) is 1.43. The van der Waals surface area contributed by atoms with Gasteiger partial charge in [-0.15, -0.1) is 0 Å². The Morgan fingerprint density at radius 1 is 1.43 bits per heavy atom. The molecule has 1 atom stereocenters. The molecule has 3 N–H and O–H groups in total. The van der Waals surface area contributed by atoms with E-state index in [1.54, 1.807) is 0 Å². The number of amides is 1. The van der Waals surface area contributed by atoms with Crippen molar-refractivity contribution >= 4 is 17.8 Å². The molecular weight excluding hydrogens is 190 g/mol. The van der Waals surface area contributed by atoms with Crippen molar-refractivity contribution in [2.24, 2.45) is 5.92 Å². The molecule has 6 heteroatoms. The Kier molecular flexibility index (Phi) is 2.55. The van der Waals surface area contributed by atoms with Gasteiger partial charge >= 0.3 is 11.9 Å². The van der Waals surface area contributed by atoms with Gasteiger partial charge in [0.15, 0.2) is 0 Å². The van der Waals surface area contributed by atoms with E-state index in [0.717, 1.165) is 0 Å². The van der Waals surface area contributed by atoms with E-state index in [1.165, 1.54) is 6.92 Å². The first-order valence-corrected chi connectivity index (χ1v) is 3.90. The SMILES string of the molecule is CC1=C(C(=O)O)[C@H](CC(=O)O)C(=O)N1. The van der Waals surface area contributed by atoms with Gasteiger partial charge in [0.1, 0.15) is 0 Å². The van der Waals surface area contributed by atoms with Gasteiger partial charge in [-0.25, -0.2) is 4.79 Å². The number of allylic oxidation sites excluding steroid dienone is 1. The lowest BCUT2D eigenvalue weighted by Gasteiger charge is -2.05. The number of carbonyl (C=O) groups is 3. The number of aliphatic carboxylic acids is 2. The van der Waals surface area contributed by atoms with E-state index in [2.05, 4.69) is 5.32 Å². The molecule has 1 heterocycles. The first kappa shape index (κ1) is 10.2. The second-order valence-corrected chi connectivity index (χ2v) is 2.98. The van der Waals surface area contributed by atoms with Crippen LogP contribution in [0.3, 0.4) is 0 Å². The zero-order chi connectivity index (χ0) is 10.9. The minimum absolute atomic E-state index is 0.155. The molecule has 0 aliphatic carbocycles. The van der Waals surface area contributed by atoms with Crippen molar-refractivity contribution < 1.29 is 24.6 Å². The molecule has 76 valence electrons. The highest BCUT2D eigenvalue weighted by atomic mass is 16.4. The van der Waals surface area contributed by atoms with E-state index in [0.29, 0.717) is 0 Å². The number of carboxylic acid groups (broad SMARTS) is 2. The average molecular weight is 199 g/mol. The molecule has 14 heavy (non-hydrogen) atoms. The van der Waals surface area contributed by atoms with Crippen molar-refractivity contribution in [2.75, 3.05) is 0 Å². The maximum atomic E-state index is 11.2. The van der Waals surface area contributed by atoms with E-state index in [9.17, 15) is 14.4 Å². The molecule has 0 aromatic rings. The third kappa shape index (κ3) is 1.73. The van der Waals surface area contributed by atoms with E-state index >= 15 is 0 Å². The van der Waals surface area contributed by atoms with E-state index in [-0.39, 0.29) is 11.3 Å². The van der Waals surface area contributed by atoms with E-state index in [1.807, 2.05) is 0 Å². The Hall–Kier alpha value is -1.85. The molecule has 0 saturated carbocycles. The van der Waals surface area contributed by atoms with E-state index < -0.39 is 30.2 Å². The van der Waals surface area contributed by atoms with Gasteiger partial charge < -0.3 is 15.5 Å².